The van der Waals surface area contributed by atoms with E-state index in [4.69, 9.17) is 4.84 Å². The normalized spacial score (nSPS) is 20.6. The third kappa shape index (κ3) is 12.2. The summed E-state index contributed by atoms with van der Waals surface area (Å²) in [6, 6.07) is 0. The first-order chi connectivity index (χ1) is 13.1. The van der Waals surface area contributed by atoms with Gasteiger partial charge in [-0.1, -0.05) is 75.5 Å². The quantitative estimate of drug-likeness (QED) is 0.283. The van der Waals surface area contributed by atoms with Gasteiger partial charge in [-0.3, -0.25) is 4.79 Å². The first-order valence-corrected chi connectivity index (χ1v) is 11.2. The van der Waals surface area contributed by atoms with Crippen LogP contribution in [0.5, 0.6) is 0 Å². The molecule has 0 amide bonds. The van der Waals surface area contributed by atoms with Gasteiger partial charge in [0.05, 0.1) is 0 Å². The smallest absolute Gasteiger partial charge is 0.325 e. The van der Waals surface area contributed by atoms with Crippen molar-refractivity contribution in [1.29, 1.82) is 0 Å². The molecule has 1 aliphatic rings. The second kappa shape index (κ2) is 16.1. The third-order valence-electron chi connectivity index (χ3n) is 5.12. The molecule has 1 aliphatic heterocycles. The number of hydrogen-bond donors (Lipinski definition) is 2. The number of aliphatic hydroxyl groups excluding tert-OH is 2. The van der Waals surface area contributed by atoms with Crippen molar-refractivity contribution >= 4 is 5.97 Å². The van der Waals surface area contributed by atoms with Crippen LogP contribution in [-0.2, 0) is 9.63 Å². The fourth-order valence-electron chi connectivity index (χ4n) is 3.38. The van der Waals surface area contributed by atoms with Crippen molar-refractivity contribution in [3.8, 4) is 0 Å². The van der Waals surface area contributed by atoms with Gasteiger partial charge in [0.2, 0.25) is 0 Å². The maximum atomic E-state index is 11.7. The highest BCUT2D eigenvalue weighted by Gasteiger charge is 2.33. The number of hydroxylamine groups is 2. The third-order valence-corrected chi connectivity index (χ3v) is 5.12. The predicted molar refractivity (Wildman–Crippen MR) is 109 cm³/mol. The van der Waals surface area contributed by atoms with Crippen LogP contribution in [0.15, 0.2) is 12.2 Å². The molecular weight excluding hydrogens is 342 g/mol. The van der Waals surface area contributed by atoms with Crippen molar-refractivity contribution in [2.45, 2.75) is 122 Å². The van der Waals surface area contributed by atoms with Gasteiger partial charge in [0.1, 0.15) is 12.5 Å². The zero-order chi connectivity index (χ0) is 19.7. The van der Waals surface area contributed by atoms with Crippen LogP contribution in [0.2, 0.25) is 0 Å². The van der Waals surface area contributed by atoms with Gasteiger partial charge in [0, 0.05) is 6.42 Å². The van der Waals surface area contributed by atoms with Crippen LogP contribution in [-0.4, -0.2) is 33.7 Å². The van der Waals surface area contributed by atoms with Crippen molar-refractivity contribution in [3.05, 3.63) is 12.2 Å². The summed E-state index contributed by atoms with van der Waals surface area (Å²) in [7, 11) is 0. The molecule has 2 atom stereocenters. The Balaban J connectivity index is 1.84. The summed E-state index contributed by atoms with van der Waals surface area (Å²) in [4.78, 5) is 16.8. The van der Waals surface area contributed by atoms with E-state index >= 15 is 0 Å². The van der Waals surface area contributed by atoms with Gasteiger partial charge in [-0.05, 0) is 44.9 Å². The monoisotopic (exact) mass is 383 g/mol. The van der Waals surface area contributed by atoms with Crippen LogP contribution < -0.4 is 0 Å². The van der Waals surface area contributed by atoms with Crippen LogP contribution in [0, 0.1) is 0 Å². The number of allylic oxidation sites excluding steroid dienone is 2. The van der Waals surface area contributed by atoms with Gasteiger partial charge in [-0.25, -0.2) is 0 Å². The summed E-state index contributed by atoms with van der Waals surface area (Å²) < 4.78 is 0. The van der Waals surface area contributed by atoms with Gasteiger partial charge in [-0.2, -0.15) is 0 Å². The van der Waals surface area contributed by atoms with Crippen molar-refractivity contribution in [3.63, 3.8) is 0 Å². The van der Waals surface area contributed by atoms with Crippen molar-refractivity contribution in [2.75, 3.05) is 0 Å². The number of nitrogens with zero attached hydrogens (tertiary/aromatic N) is 1. The second-order valence-electron chi connectivity index (χ2n) is 7.70. The molecule has 2 N–H and O–H groups in total. The van der Waals surface area contributed by atoms with Gasteiger partial charge < -0.3 is 15.1 Å². The molecule has 1 rings (SSSR count). The SMILES string of the molecule is CCCCCCCC/C=C\CCCCCCCC(=O)ON1C(O)CCC1O. The molecule has 27 heavy (non-hydrogen) atoms. The van der Waals surface area contributed by atoms with Gasteiger partial charge in [0.15, 0.2) is 0 Å². The lowest BCUT2D eigenvalue weighted by atomic mass is 10.1. The van der Waals surface area contributed by atoms with E-state index in [2.05, 4.69) is 19.1 Å². The Morgan fingerprint density at radius 3 is 1.89 bits per heavy atom. The fraction of sp³-hybridized carbons (Fsp3) is 0.864. The standard InChI is InChI=1S/C22H41NO4/c1-2-3-4-5-6-7-8-9-10-11-12-13-14-15-16-17-22(26)27-23-20(24)18-19-21(23)25/h9-10,20-21,24-25H,2-8,11-19H2,1H3/b10-9-. The van der Waals surface area contributed by atoms with Crippen LogP contribution in [0.4, 0.5) is 0 Å². The number of unbranched alkanes of at least 4 members (excludes halogenated alkanes) is 11. The summed E-state index contributed by atoms with van der Waals surface area (Å²) >= 11 is 0. The Kier molecular flexibility index (Phi) is 14.4. The number of carbonyl (C=O) groups is 1. The average Bonchev–Trinajstić information content (AvgIpc) is 2.97. The van der Waals surface area contributed by atoms with Gasteiger partial charge >= 0.3 is 5.97 Å². The molecule has 0 bridgehead atoms. The zero-order valence-corrected chi connectivity index (χ0v) is 17.3. The lowest BCUT2D eigenvalue weighted by Crippen LogP contribution is -2.37. The van der Waals surface area contributed by atoms with E-state index < -0.39 is 12.5 Å². The number of hydrogen-bond acceptors (Lipinski definition) is 5. The van der Waals surface area contributed by atoms with E-state index in [9.17, 15) is 15.0 Å². The van der Waals surface area contributed by atoms with E-state index in [1.54, 1.807) is 0 Å². The Morgan fingerprint density at radius 1 is 0.852 bits per heavy atom. The predicted octanol–water partition coefficient (Wildman–Crippen LogP) is 5.21. The molecule has 0 saturated carbocycles. The van der Waals surface area contributed by atoms with Gasteiger partial charge in [-0.15, -0.1) is 0 Å². The number of carbonyl (C=O) groups excluding carboxylic acids is 1. The molecule has 0 aliphatic carbocycles. The zero-order valence-electron chi connectivity index (χ0n) is 17.3. The molecule has 5 heteroatoms. The minimum absolute atomic E-state index is 0.341. The summed E-state index contributed by atoms with van der Waals surface area (Å²) in [5.74, 6) is -0.368. The average molecular weight is 384 g/mol. The molecule has 0 aromatic heterocycles. The van der Waals surface area contributed by atoms with Crippen LogP contribution in [0.3, 0.4) is 0 Å². The highest BCUT2D eigenvalue weighted by molar-refractivity contribution is 5.68. The molecule has 0 spiro atoms. The Bertz CT molecular complexity index is 390. The highest BCUT2D eigenvalue weighted by Crippen LogP contribution is 2.21. The molecule has 1 fully saturated rings. The summed E-state index contributed by atoms with van der Waals surface area (Å²) in [5.41, 5.74) is 0. The van der Waals surface area contributed by atoms with Crippen LogP contribution in [0.1, 0.15) is 110 Å². The Hall–Kier alpha value is -0.910. The fourth-order valence-corrected chi connectivity index (χ4v) is 3.38. The molecule has 1 saturated heterocycles. The highest BCUT2D eigenvalue weighted by atomic mass is 16.7. The molecule has 0 aromatic carbocycles. The maximum Gasteiger partial charge on any atom is 0.325 e. The largest absolute Gasteiger partial charge is 0.375 e. The summed E-state index contributed by atoms with van der Waals surface area (Å²) in [5, 5.41) is 20.2. The Labute approximate surface area is 165 Å². The van der Waals surface area contributed by atoms with Crippen molar-refractivity contribution in [2.24, 2.45) is 0 Å². The first kappa shape index (κ1) is 24.1. The molecule has 158 valence electrons. The first-order valence-electron chi connectivity index (χ1n) is 11.2. The molecule has 0 radical (unpaired) electrons. The molecule has 5 nitrogen and oxygen atoms in total. The van der Waals surface area contributed by atoms with E-state index in [0.29, 0.717) is 19.3 Å². The second-order valence-corrected chi connectivity index (χ2v) is 7.70. The lowest BCUT2D eigenvalue weighted by Gasteiger charge is -2.21. The van der Waals surface area contributed by atoms with Crippen LogP contribution in [0.25, 0.3) is 0 Å². The minimum atomic E-state index is -0.877. The number of rotatable bonds is 16. The lowest BCUT2D eigenvalue weighted by molar-refractivity contribution is -0.261. The minimum Gasteiger partial charge on any atom is -0.375 e. The van der Waals surface area contributed by atoms with E-state index in [1.165, 1.54) is 57.8 Å². The van der Waals surface area contributed by atoms with Crippen LogP contribution >= 0.6 is 0 Å². The van der Waals surface area contributed by atoms with E-state index in [-0.39, 0.29) is 5.97 Å². The topological polar surface area (TPSA) is 70.0 Å². The molecule has 0 aromatic rings. The van der Waals surface area contributed by atoms with E-state index in [0.717, 1.165) is 30.7 Å². The maximum absolute atomic E-state index is 11.7. The van der Waals surface area contributed by atoms with E-state index in [1.807, 2.05) is 0 Å². The Morgan fingerprint density at radius 2 is 1.33 bits per heavy atom. The summed E-state index contributed by atoms with van der Waals surface area (Å²) in [6.07, 6.45) is 20.0. The molecular formula is C22H41NO4. The van der Waals surface area contributed by atoms with Gasteiger partial charge in [0.25, 0.3) is 0 Å². The van der Waals surface area contributed by atoms with Crippen molar-refractivity contribution < 1.29 is 19.8 Å². The summed E-state index contributed by atoms with van der Waals surface area (Å²) in [6.45, 7) is 2.25. The number of aliphatic hydroxyl groups is 2. The molecule has 1 heterocycles. The molecule has 2 unspecified atom stereocenters. The van der Waals surface area contributed by atoms with Crippen molar-refractivity contribution in [1.82, 2.24) is 5.06 Å².